The van der Waals surface area contributed by atoms with Gasteiger partial charge in [-0.25, -0.2) is 0 Å². The minimum atomic E-state index is 1.22. The number of hydrogen-bond acceptors (Lipinski definition) is 0. The van der Waals surface area contributed by atoms with Crippen molar-refractivity contribution in [3.8, 4) is 0 Å². The Labute approximate surface area is 99.0 Å². The Morgan fingerprint density at radius 1 is 1.06 bits per heavy atom. The zero-order valence-electron chi connectivity index (χ0n) is 10.7. The molecule has 0 saturated carbocycles. The number of aryl methyl sites for hydroxylation is 2. The van der Waals surface area contributed by atoms with Crippen LogP contribution in [0.25, 0.3) is 6.08 Å². The molecule has 0 amide bonds. The maximum Gasteiger partial charge on any atom is -0.0254 e. The van der Waals surface area contributed by atoms with Gasteiger partial charge in [-0.3, -0.25) is 0 Å². The van der Waals surface area contributed by atoms with Crippen molar-refractivity contribution in [1.82, 2.24) is 0 Å². The summed E-state index contributed by atoms with van der Waals surface area (Å²) in [6, 6.07) is 6.52. The van der Waals surface area contributed by atoms with E-state index in [0.29, 0.717) is 0 Å². The van der Waals surface area contributed by atoms with Crippen LogP contribution in [0.1, 0.15) is 30.5 Å². The van der Waals surface area contributed by atoms with Crippen molar-refractivity contribution in [3.05, 3.63) is 64.8 Å². The van der Waals surface area contributed by atoms with E-state index in [1.807, 2.05) is 6.08 Å². The molecule has 0 radical (unpaired) electrons. The lowest BCUT2D eigenvalue weighted by Crippen LogP contribution is -1.82. The molecule has 0 aliphatic heterocycles. The average molecular weight is 212 g/mol. The van der Waals surface area contributed by atoms with Crippen molar-refractivity contribution in [3.63, 3.8) is 0 Å². The minimum absolute atomic E-state index is 1.22. The Kier molecular flexibility index (Phi) is 4.30. The zero-order valence-corrected chi connectivity index (χ0v) is 10.7. The fraction of sp³-hybridized carbons (Fsp3) is 0.250. The lowest BCUT2D eigenvalue weighted by Gasteiger charge is -2.01. The summed E-state index contributed by atoms with van der Waals surface area (Å²) in [6.07, 6.45) is 6.18. The standard InChI is InChI=1S/C16H20/c1-6-12(2)13(3)7-9-16-10-8-14(4)15(5)11-16/h6-11H,1H2,2-5H3/b9-7-,13-12-. The van der Waals surface area contributed by atoms with Crippen molar-refractivity contribution in [2.75, 3.05) is 0 Å². The van der Waals surface area contributed by atoms with Crippen LogP contribution in [-0.4, -0.2) is 0 Å². The first kappa shape index (κ1) is 12.5. The van der Waals surface area contributed by atoms with Crippen LogP contribution in [-0.2, 0) is 0 Å². The first-order chi connectivity index (χ1) is 7.54. The first-order valence-corrected chi connectivity index (χ1v) is 5.60. The van der Waals surface area contributed by atoms with Gasteiger partial charge in [-0.15, -0.1) is 0 Å². The Morgan fingerprint density at radius 2 is 1.75 bits per heavy atom. The summed E-state index contributed by atoms with van der Waals surface area (Å²) in [5.41, 5.74) is 6.41. The molecule has 0 bridgehead atoms. The maximum absolute atomic E-state index is 3.77. The summed E-state index contributed by atoms with van der Waals surface area (Å²) >= 11 is 0. The molecule has 0 N–H and O–H groups in total. The second-order valence-corrected chi connectivity index (χ2v) is 4.25. The number of benzene rings is 1. The molecule has 0 aromatic heterocycles. The van der Waals surface area contributed by atoms with Gasteiger partial charge in [0.05, 0.1) is 0 Å². The molecule has 0 atom stereocenters. The fourth-order valence-electron chi connectivity index (χ4n) is 1.38. The third-order valence-electron chi connectivity index (χ3n) is 2.98. The lowest BCUT2D eigenvalue weighted by molar-refractivity contribution is 1.33. The smallest absolute Gasteiger partial charge is 0.0254 e. The average Bonchev–Trinajstić information content (AvgIpc) is 2.29. The summed E-state index contributed by atoms with van der Waals surface area (Å²) in [5.74, 6) is 0. The molecule has 0 spiro atoms. The summed E-state index contributed by atoms with van der Waals surface area (Å²) in [7, 11) is 0. The molecule has 0 heteroatoms. The molecule has 0 fully saturated rings. The quantitative estimate of drug-likeness (QED) is 0.629. The second kappa shape index (κ2) is 5.50. The number of hydrogen-bond donors (Lipinski definition) is 0. The van der Waals surface area contributed by atoms with E-state index in [1.165, 1.54) is 27.8 Å². The maximum atomic E-state index is 3.77. The molecule has 0 heterocycles. The van der Waals surface area contributed by atoms with Gasteiger partial charge in [-0.2, -0.15) is 0 Å². The van der Waals surface area contributed by atoms with E-state index in [-0.39, 0.29) is 0 Å². The molecule has 1 aromatic rings. The van der Waals surface area contributed by atoms with Gasteiger partial charge in [0, 0.05) is 0 Å². The van der Waals surface area contributed by atoms with Gasteiger partial charge < -0.3 is 0 Å². The molecule has 84 valence electrons. The minimum Gasteiger partial charge on any atom is -0.0988 e. The zero-order chi connectivity index (χ0) is 12.1. The van der Waals surface area contributed by atoms with Crippen LogP contribution in [0.5, 0.6) is 0 Å². The normalized spacial score (nSPS) is 12.8. The largest absolute Gasteiger partial charge is 0.0988 e. The van der Waals surface area contributed by atoms with Crippen molar-refractivity contribution >= 4 is 6.08 Å². The van der Waals surface area contributed by atoms with Gasteiger partial charge >= 0.3 is 0 Å². The van der Waals surface area contributed by atoms with E-state index in [1.54, 1.807) is 0 Å². The topological polar surface area (TPSA) is 0 Å². The van der Waals surface area contributed by atoms with Crippen LogP contribution in [0.2, 0.25) is 0 Å². The highest BCUT2D eigenvalue weighted by molar-refractivity contribution is 5.55. The van der Waals surface area contributed by atoms with Crippen LogP contribution in [0, 0.1) is 13.8 Å². The molecular weight excluding hydrogens is 192 g/mol. The van der Waals surface area contributed by atoms with E-state index < -0.39 is 0 Å². The van der Waals surface area contributed by atoms with E-state index >= 15 is 0 Å². The third-order valence-corrected chi connectivity index (χ3v) is 2.98. The van der Waals surface area contributed by atoms with E-state index in [2.05, 4.69) is 64.6 Å². The molecule has 0 unspecified atom stereocenters. The van der Waals surface area contributed by atoms with Gasteiger partial charge in [0.25, 0.3) is 0 Å². The van der Waals surface area contributed by atoms with Gasteiger partial charge in [-0.1, -0.05) is 43.0 Å². The van der Waals surface area contributed by atoms with Crippen molar-refractivity contribution in [2.45, 2.75) is 27.7 Å². The Morgan fingerprint density at radius 3 is 2.31 bits per heavy atom. The lowest BCUT2D eigenvalue weighted by atomic mass is 10.0. The van der Waals surface area contributed by atoms with Crippen molar-refractivity contribution in [1.29, 1.82) is 0 Å². The second-order valence-electron chi connectivity index (χ2n) is 4.25. The number of rotatable bonds is 3. The highest BCUT2D eigenvalue weighted by Crippen LogP contribution is 2.13. The van der Waals surface area contributed by atoms with Gasteiger partial charge in [0.2, 0.25) is 0 Å². The van der Waals surface area contributed by atoms with Gasteiger partial charge in [-0.05, 0) is 55.5 Å². The predicted molar refractivity (Wildman–Crippen MR) is 73.5 cm³/mol. The van der Waals surface area contributed by atoms with Crippen LogP contribution >= 0.6 is 0 Å². The van der Waals surface area contributed by atoms with E-state index in [4.69, 9.17) is 0 Å². The van der Waals surface area contributed by atoms with E-state index in [0.717, 1.165) is 0 Å². The Balaban J connectivity index is 2.93. The molecule has 0 nitrogen and oxygen atoms in total. The number of allylic oxidation sites excluding steroid dienone is 4. The summed E-state index contributed by atoms with van der Waals surface area (Å²) in [5, 5.41) is 0. The highest BCUT2D eigenvalue weighted by atomic mass is 14.0. The monoisotopic (exact) mass is 212 g/mol. The Hall–Kier alpha value is -1.56. The summed E-state index contributed by atoms with van der Waals surface area (Å²) in [6.45, 7) is 12.2. The van der Waals surface area contributed by atoms with E-state index in [9.17, 15) is 0 Å². The molecule has 0 aliphatic rings. The van der Waals surface area contributed by atoms with Crippen molar-refractivity contribution < 1.29 is 0 Å². The third kappa shape index (κ3) is 3.23. The Bertz CT molecular complexity index is 445. The molecule has 0 saturated heterocycles. The molecule has 1 rings (SSSR count). The van der Waals surface area contributed by atoms with Crippen molar-refractivity contribution in [2.24, 2.45) is 0 Å². The van der Waals surface area contributed by atoms with Crippen LogP contribution < -0.4 is 0 Å². The predicted octanol–water partition coefficient (Wildman–Crippen LogP) is 4.84. The first-order valence-electron chi connectivity index (χ1n) is 5.60. The van der Waals surface area contributed by atoms with Gasteiger partial charge in [0.1, 0.15) is 0 Å². The highest BCUT2D eigenvalue weighted by Gasteiger charge is 1.93. The van der Waals surface area contributed by atoms with Crippen LogP contribution in [0.3, 0.4) is 0 Å². The molecule has 16 heavy (non-hydrogen) atoms. The molecular formula is C16H20. The fourth-order valence-corrected chi connectivity index (χ4v) is 1.38. The molecule has 0 aliphatic carbocycles. The molecule has 1 aromatic carbocycles. The van der Waals surface area contributed by atoms with Crippen LogP contribution in [0.4, 0.5) is 0 Å². The SMILES string of the molecule is C=C/C(C)=C(C)\C=C/c1ccc(C)c(C)c1. The van der Waals surface area contributed by atoms with Gasteiger partial charge in [0.15, 0.2) is 0 Å². The summed E-state index contributed by atoms with van der Waals surface area (Å²) in [4.78, 5) is 0. The van der Waals surface area contributed by atoms with Crippen LogP contribution in [0.15, 0.2) is 48.1 Å². The summed E-state index contributed by atoms with van der Waals surface area (Å²) < 4.78 is 0.